The lowest BCUT2D eigenvalue weighted by Crippen LogP contribution is -2.48. The molecule has 1 saturated heterocycles. The van der Waals surface area contributed by atoms with Gasteiger partial charge < -0.3 is 10.2 Å². The second-order valence-corrected chi connectivity index (χ2v) is 9.23. The molecule has 0 saturated carbocycles. The first-order chi connectivity index (χ1) is 12.2. The number of hydrogen-bond donors (Lipinski definition) is 1. The lowest BCUT2D eigenvalue weighted by Gasteiger charge is -2.29. The topological polar surface area (TPSA) is 69.7 Å². The van der Waals surface area contributed by atoms with Crippen molar-refractivity contribution in [1.29, 1.82) is 0 Å². The molecule has 1 fully saturated rings. The summed E-state index contributed by atoms with van der Waals surface area (Å²) < 4.78 is 25.6. The van der Waals surface area contributed by atoms with Gasteiger partial charge in [0.2, 0.25) is 15.9 Å². The number of hydrogen-bond acceptors (Lipinski definition) is 4. The van der Waals surface area contributed by atoms with Gasteiger partial charge >= 0.3 is 0 Å². The van der Waals surface area contributed by atoms with Crippen LogP contribution in [0.3, 0.4) is 0 Å². The second-order valence-electron chi connectivity index (χ2n) is 6.52. The van der Waals surface area contributed by atoms with E-state index in [2.05, 4.69) is 10.2 Å². The van der Waals surface area contributed by atoms with E-state index < -0.39 is 16.1 Å². The summed E-state index contributed by atoms with van der Waals surface area (Å²) in [6, 6.07) is 3.59. The van der Waals surface area contributed by atoms with Crippen molar-refractivity contribution in [3.8, 4) is 0 Å². The SMILES string of the molecule is C[C@@H](C(=O)NCCCN1CCCC1)N(c1cc(Cl)ccc1Cl)S(C)(=O)=O. The zero-order chi connectivity index (χ0) is 19.3. The molecule has 1 atom stereocenters. The van der Waals surface area contributed by atoms with Crippen LogP contribution in [0.2, 0.25) is 10.0 Å². The number of likely N-dealkylation sites (tertiary alicyclic amines) is 1. The minimum atomic E-state index is -3.72. The van der Waals surface area contributed by atoms with E-state index in [1.54, 1.807) is 6.07 Å². The predicted molar refractivity (Wildman–Crippen MR) is 107 cm³/mol. The fourth-order valence-electron chi connectivity index (χ4n) is 3.10. The molecule has 1 aliphatic rings. The molecule has 0 bridgehead atoms. The Balaban J connectivity index is 2.02. The molecule has 0 unspecified atom stereocenters. The van der Waals surface area contributed by atoms with E-state index in [1.165, 1.54) is 31.9 Å². The highest BCUT2D eigenvalue weighted by atomic mass is 35.5. The van der Waals surface area contributed by atoms with Gasteiger partial charge in [0.05, 0.1) is 17.0 Å². The summed E-state index contributed by atoms with van der Waals surface area (Å²) in [5, 5.41) is 3.37. The molecule has 0 aliphatic carbocycles. The summed E-state index contributed by atoms with van der Waals surface area (Å²) in [7, 11) is -3.72. The number of nitrogens with zero attached hydrogens (tertiary/aromatic N) is 2. The average Bonchev–Trinajstić information content (AvgIpc) is 3.07. The molecule has 1 aromatic carbocycles. The minimum absolute atomic E-state index is 0.196. The van der Waals surface area contributed by atoms with Gasteiger partial charge in [-0.1, -0.05) is 23.2 Å². The minimum Gasteiger partial charge on any atom is -0.354 e. The van der Waals surface area contributed by atoms with Crippen LogP contribution in [-0.4, -0.2) is 57.7 Å². The van der Waals surface area contributed by atoms with Gasteiger partial charge in [-0.05, 0) is 64.0 Å². The zero-order valence-electron chi connectivity index (χ0n) is 15.0. The monoisotopic (exact) mass is 421 g/mol. The quantitative estimate of drug-likeness (QED) is 0.655. The number of rotatable bonds is 8. The van der Waals surface area contributed by atoms with Gasteiger partial charge in [0.25, 0.3) is 0 Å². The Morgan fingerprint density at radius 2 is 1.96 bits per heavy atom. The molecule has 6 nitrogen and oxygen atoms in total. The lowest BCUT2D eigenvalue weighted by molar-refractivity contribution is -0.121. The molecule has 146 valence electrons. The van der Waals surface area contributed by atoms with Gasteiger partial charge in [-0.15, -0.1) is 0 Å². The number of anilines is 1. The molecule has 0 radical (unpaired) electrons. The van der Waals surface area contributed by atoms with Crippen LogP contribution in [0.15, 0.2) is 18.2 Å². The number of halogens is 2. The van der Waals surface area contributed by atoms with E-state index in [4.69, 9.17) is 23.2 Å². The molecule has 2 rings (SSSR count). The van der Waals surface area contributed by atoms with E-state index in [9.17, 15) is 13.2 Å². The van der Waals surface area contributed by atoms with Gasteiger partial charge in [-0.25, -0.2) is 8.42 Å². The number of carbonyl (C=O) groups is 1. The van der Waals surface area contributed by atoms with Crippen LogP contribution >= 0.6 is 23.2 Å². The van der Waals surface area contributed by atoms with Crippen molar-refractivity contribution in [2.75, 3.05) is 36.7 Å². The lowest BCUT2D eigenvalue weighted by atomic mass is 10.2. The number of amides is 1. The maximum Gasteiger partial charge on any atom is 0.243 e. The predicted octanol–water partition coefficient (Wildman–Crippen LogP) is 2.75. The van der Waals surface area contributed by atoms with Crippen LogP contribution in [0.4, 0.5) is 5.69 Å². The van der Waals surface area contributed by atoms with Crippen LogP contribution in [0.5, 0.6) is 0 Å². The Bertz CT molecular complexity index is 737. The van der Waals surface area contributed by atoms with Crippen LogP contribution in [0.1, 0.15) is 26.2 Å². The van der Waals surface area contributed by atoms with E-state index >= 15 is 0 Å². The van der Waals surface area contributed by atoms with Crippen molar-refractivity contribution in [1.82, 2.24) is 10.2 Å². The third-order valence-electron chi connectivity index (χ3n) is 4.38. The van der Waals surface area contributed by atoms with Crippen molar-refractivity contribution >= 4 is 44.8 Å². The Hall–Kier alpha value is -1.02. The molecule has 1 aromatic rings. The molecule has 1 aliphatic heterocycles. The molecule has 1 amide bonds. The van der Waals surface area contributed by atoms with Crippen LogP contribution in [0.25, 0.3) is 0 Å². The van der Waals surface area contributed by atoms with E-state index in [-0.39, 0.29) is 16.6 Å². The molecule has 1 N–H and O–H groups in total. The summed E-state index contributed by atoms with van der Waals surface area (Å²) >= 11 is 12.1. The van der Waals surface area contributed by atoms with E-state index in [0.717, 1.165) is 36.6 Å². The van der Waals surface area contributed by atoms with Crippen molar-refractivity contribution in [2.45, 2.75) is 32.2 Å². The van der Waals surface area contributed by atoms with Crippen molar-refractivity contribution in [3.63, 3.8) is 0 Å². The summed E-state index contributed by atoms with van der Waals surface area (Å²) in [6.07, 6.45) is 4.33. The Kier molecular flexibility index (Phi) is 7.58. The second kappa shape index (κ2) is 9.26. The van der Waals surface area contributed by atoms with E-state index in [0.29, 0.717) is 11.6 Å². The number of sulfonamides is 1. The van der Waals surface area contributed by atoms with E-state index in [1.807, 2.05) is 0 Å². The van der Waals surface area contributed by atoms with Gasteiger partial charge in [0.1, 0.15) is 6.04 Å². The maximum atomic E-state index is 12.5. The smallest absolute Gasteiger partial charge is 0.243 e. The fraction of sp³-hybridized carbons (Fsp3) is 0.588. The largest absolute Gasteiger partial charge is 0.354 e. The average molecular weight is 422 g/mol. The molecule has 1 heterocycles. The molecule has 0 aromatic heterocycles. The first-order valence-corrected chi connectivity index (χ1v) is 11.2. The van der Waals surface area contributed by atoms with Crippen molar-refractivity contribution < 1.29 is 13.2 Å². The van der Waals surface area contributed by atoms with Gasteiger partial charge in [-0.3, -0.25) is 9.10 Å². The summed E-state index contributed by atoms with van der Waals surface area (Å²) in [4.78, 5) is 14.9. The first kappa shape index (κ1) is 21.3. The standard InChI is InChI=1S/C17H25Cl2N3O3S/c1-13(17(23)20-8-5-11-21-9-3-4-10-21)22(26(2,24)25)16-12-14(18)6-7-15(16)19/h6-7,12-13H,3-5,8-11H2,1-2H3,(H,20,23)/t13-/m0/s1. The summed E-state index contributed by atoms with van der Waals surface area (Å²) in [6.45, 7) is 5.19. The van der Waals surface area contributed by atoms with Crippen LogP contribution in [0, 0.1) is 0 Å². The molecule has 26 heavy (non-hydrogen) atoms. The summed E-state index contributed by atoms with van der Waals surface area (Å²) in [5.41, 5.74) is 0.196. The van der Waals surface area contributed by atoms with Gasteiger partial charge in [0.15, 0.2) is 0 Å². The van der Waals surface area contributed by atoms with Crippen molar-refractivity contribution in [3.05, 3.63) is 28.2 Å². The van der Waals surface area contributed by atoms with Crippen LogP contribution in [-0.2, 0) is 14.8 Å². The molecule has 0 spiro atoms. The Morgan fingerprint density at radius 1 is 1.31 bits per heavy atom. The highest BCUT2D eigenvalue weighted by Gasteiger charge is 2.30. The van der Waals surface area contributed by atoms with Crippen molar-refractivity contribution in [2.24, 2.45) is 0 Å². The zero-order valence-corrected chi connectivity index (χ0v) is 17.4. The molecular formula is C17H25Cl2N3O3S. The third kappa shape index (κ3) is 5.74. The number of carbonyl (C=O) groups excluding carboxylic acids is 1. The Labute approximate surface area is 165 Å². The maximum absolute atomic E-state index is 12.5. The number of nitrogens with one attached hydrogen (secondary N) is 1. The highest BCUT2D eigenvalue weighted by Crippen LogP contribution is 2.32. The van der Waals surface area contributed by atoms with Gasteiger partial charge in [-0.2, -0.15) is 0 Å². The van der Waals surface area contributed by atoms with Crippen LogP contribution < -0.4 is 9.62 Å². The fourth-order valence-corrected chi connectivity index (χ4v) is 4.71. The first-order valence-electron chi connectivity index (χ1n) is 8.64. The normalized spacial score (nSPS) is 16.5. The highest BCUT2D eigenvalue weighted by molar-refractivity contribution is 7.92. The van der Waals surface area contributed by atoms with Gasteiger partial charge in [0, 0.05) is 11.6 Å². The molecular weight excluding hydrogens is 397 g/mol. The third-order valence-corrected chi connectivity index (χ3v) is 6.17. The number of benzene rings is 1. The summed E-state index contributed by atoms with van der Waals surface area (Å²) in [5.74, 6) is -0.368. The Morgan fingerprint density at radius 3 is 2.58 bits per heavy atom. The molecule has 9 heteroatoms.